The molecule has 0 aromatic heterocycles. The van der Waals surface area contributed by atoms with E-state index < -0.39 is 0 Å². The van der Waals surface area contributed by atoms with Crippen molar-refractivity contribution < 1.29 is 9.90 Å². The largest absolute Gasteiger partial charge is 0.395 e. The Hall–Kier alpha value is -0.610. The van der Waals surface area contributed by atoms with Gasteiger partial charge in [0.1, 0.15) is 0 Å². The lowest BCUT2D eigenvalue weighted by Gasteiger charge is -2.34. The van der Waals surface area contributed by atoms with Gasteiger partial charge in [0.2, 0.25) is 5.91 Å². The second kappa shape index (κ2) is 10.2. The second-order valence-electron chi connectivity index (χ2n) is 5.46. The summed E-state index contributed by atoms with van der Waals surface area (Å²) in [5, 5.41) is 8.88. The van der Waals surface area contributed by atoms with Gasteiger partial charge in [0.15, 0.2) is 0 Å². The molecule has 1 aliphatic heterocycles. The summed E-state index contributed by atoms with van der Waals surface area (Å²) in [7, 11) is 0. The Morgan fingerprint density at radius 1 is 1.00 bits per heavy atom. The van der Waals surface area contributed by atoms with Gasteiger partial charge in [-0.1, -0.05) is 39.0 Å². The lowest BCUT2D eigenvalue weighted by atomic mass is 10.1. The fraction of sp³-hybridized carbons (Fsp3) is 0.933. The van der Waals surface area contributed by atoms with E-state index in [1.54, 1.807) is 0 Å². The van der Waals surface area contributed by atoms with Crippen LogP contribution in [0.1, 0.15) is 51.9 Å². The number of hydrogen-bond donors (Lipinski definition) is 1. The van der Waals surface area contributed by atoms with Crippen molar-refractivity contribution in [1.82, 2.24) is 9.80 Å². The van der Waals surface area contributed by atoms with Gasteiger partial charge in [-0.3, -0.25) is 9.69 Å². The summed E-state index contributed by atoms with van der Waals surface area (Å²) in [4.78, 5) is 16.2. The number of rotatable bonds is 9. The van der Waals surface area contributed by atoms with Crippen LogP contribution in [0.5, 0.6) is 0 Å². The van der Waals surface area contributed by atoms with Crippen molar-refractivity contribution in [2.75, 3.05) is 39.3 Å². The smallest absolute Gasteiger partial charge is 0.222 e. The van der Waals surface area contributed by atoms with Crippen LogP contribution in [0.3, 0.4) is 0 Å². The van der Waals surface area contributed by atoms with E-state index in [9.17, 15) is 4.79 Å². The Morgan fingerprint density at radius 3 is 2.26 bits per heavy atom. The molecule has 4 heteroatoms. The van der Waals surface area contributed by atoms with Crippen molar-refractivity contribution in [1.29, 1.82) is 0 Å². The van der Waals surface area contributed by atoms with E-state index in [0.29, 0.717) is 12.3 Å². The molecule has 1 N–H and O–H groups in total. The van der Waals surface area contributed by atoms with Crippen LogP contribution in [0.15, 0.2) is 0 Å². The van der Waals surface area contributed by atoms with Gasteiger partial charge in [0.05, 0.1) is 6.61 Å². The Bertz CT molecular complexity index is 238. The molecule has 0 saturated carbocycles. The fourth-order valence-corrected chi connectivity index (χ4v) is 2.58. The van der Waals surface area contributed by atoms with Crippen LogP contribution in [-0.4, -0.2) is 60.1 Å². The number of piperazine rings is 1. The highest BCUT2D eigenvalue weighted by molar-refractivity contribution is 5.76. The number of unbranched alkanes of at least 4 members (excludes halogenated alkanes) is 5. The molecule has 0 aliphatic carbocycles. The van der Waals surface area contributed by atoms with Crippen LogP contribution in [0.25, 0.3) is 0 Å². The molecule has 0 radical (unpaired) electrons. The lowest BCUT2D eigenvalue weighted by Crippen LogP contribution is -2.49. The van der Waals surface area contributed by atoms with Gasteiger partial charge in [-0.2, -0.15) is 0 Å². The highest BCUT2D eigenvalue weighted by Crippen LogP contribution is 2.10. The fourth-order valence-electron chi connectivity index (χ4n) is 2.58. The molecule has 0 aromatic carbocycles. The number of amides is 1. The summed E-state index contributed by atoms with van der Waals surface area (Å²) in [5.74, 6) is 0.319. The van der Waals surface area contributed by atoms with Crippen LogP contribution < -0.4 is 0 Å². The molecule has 19 heavy (non-hydrogen) atoms. The highest BCUT2D eigenvalue weighted by atomic mass is 16.3. The van der Waals surface area contributed by atoms with Gasteiger partial charge in [0, 0.05) is 39.1 Å². The molecule has 1 amide bonds. The van der Waals surface area contributed by atoms with E-state index in [1.165, 1.54) is 32.1 Å². The first kappa shape index (κ1) is 16.4. The maximum Gasteiger partial charge on any atom is 0.222 e. The first-order valence-corrected chi connectivity index (χ1v) is 7.89. The molecule has 1 fully saturated rings. The van der Waals surface area contributed by atoms with Gasteiger partial charge in [-0.15, -0.1) is 0 Å². The number of carbonyl (C=O) groups excluding carboxylic acids is 1. The molecule has 0 aromatic rings. The maximum atomic E-state index is 12.0. The SMILES string of the molecule is CCCCCCCCC(=O)N1CCN(CCO)CC1. The average Bonchev–Trinajstić information content (AvgIpc) is 2.43. The third-order valence-electron chi connectivity index (χ3n) is 3.89. The normalized spacial score (nSPS) is 16.8. The molecule has 0 spiro atoms. The Kier molecular flexibility index (Phi) is 8.84. The summed E-state index contributed by atoms with van der Waals surface area (Å²) < 4.78 is 0. The van der Waals surface area contributed by atoms with Crippen molar-refractivity contribution in [3.05, 3.63) is 0 Å². The van der Waals surface area contributed by atoms with Gasteiger partial charge in [-0.25, -0.2) is 0 Å². The average molecular weight is 270 g/mol. The van der Waals surface area contributed by atoms with Crippen molar-refractivity contribution in [3.63, 3.8) is 0 Å². The lowest BCUT2D eigenvalue weighted by molar-refractivity contribution is -0.133. The number of nitrogens with zero attached hydrogens (tertiary/aromatic N) is 2. The van der Waals surface area contributed by atoms with Gasteiger partial charge < -0.3 is 10.0 Å². The summed E-state index contributed by atoms with van der Waals surface area (Å²) in [6.07, 6.45) is 8.12. The standard InChI is InChI=1S/C15H30N2O2/c1-2-3-4-5-6-7-8-15(19)17-11-9-16(10-12-17)13-14-18/h18H,2-14H2,1H3. The zero-order valence-corrected chi connectivity index (χ0v) is 12.4. The van der Waals surface area contributed by atoms with Gasteiger partial charge >= 0.3 is 0 Å². The van der Waals surface area contributed by atoms with Crippen molar-refractivity contribution in [2.24, 2.45) is 0 Å². The van der Waals surface area contributed by atoms with Crippen LogP contribution in [-0.2, 0) is 4.79 Å². The summed E-state index contributed by atoms with van der Waals surface area (Å²) in [6, 6.07) is 0. The zero-order valence-electron chi connectivity index (χ0n) is 12.4. The summed E-state index contributed by atoms with van der Waals surface area (Å²) in [5.41, 5.74) is 0. The van der Waals surface area contributed by atoms with E-state index in [0.717, 1.165) is 39.1 Å². The van der Waals surface area contributed by atoms with Crippen LogP contribution in [0, 0.1) is 0 Å². The Balaban J connectivity index is 2.04. The Morgan fingerprint density at radius 2 is 1.63 bits per heavy atom. The van der Waals surface area contributed by atoms with Gasteiger partial charge in [0.25, 0.3) is 0 Å². The van der Waals surface area contributed by atoms with Crippen molar-refractivity contribution >= 4 is 5.91 Å². The van der Waals surface area contributed by atoms with E-state index >= 15 is 0 Å². The van der Waals surface area contributed by atoms with E-state index in [1.807, 2.05) is 4.90 Å². The number of aliphatic hydroxyl groups excluding tert-OH is 1. The number of carbonyl (C=O) groups is 1. The molecular weight excluding hydrogens is 240 g/mol. The van der Waals surface area contributed by atoms with Crippen LogP contribution >= 0.6 is 0 Å². The minimum absolute atomic E-state index is 0.214. The predicted octanol–water partition coefficient (Wildman–Crippen LogP) is 1.87. The summed E-state index contributed by atoms with van der Waals surface area (Å²) >= 11 is 0. The first-order chi connectivity index (χ1) is 9.27. The number of hydrogen-bond acceptors (Lipinski definition) is 3. The minimum Gasteiger partial charge on any atom is -0.395 e. The molecule has 4 nitrogen and oxygen atoms in total. The first-order valence-electron chi connectivity index (χ1n) is 7.89. The maximum absolute atomic E-state index is 12.0. The predicted molar refractivity (Wildman–Crippen MR) is 78.1 cm³/mol. The summed E-state index contributed by atoms with van der Waals surface area (Å²) in [6.45, 7) is 6.64. The Labute approximate surface area is 117 Å². The monoisotopic (exact) mass is 270 g/mol. The van der Waals surface area contributed by atoms with Crippen LogP contribution in [0.4, 0.5) is 0 Å². The second-order valence-corrected chi connectivity index (χ2v) is 5.46. The van der Waals surface area contributed by atoms with Gasteiger partial charge in [-0.05, 0) is 6.42 Å². The molecule has 0 bridgehead atoms. The van der Waals surface area contributed by atoms with Crippen molar-refractivity contribution in [2.45, 2.75) is 51.9 Å². The molecule has 1 aliphatic rings. The molecule has 1 heterocycles. The third kappa shape index (κ3) is 6.92. The molecule has 1 saturated heterocycles. The van der Waals surface area contributed by atoms with Crippen molar-refractivity contribution in [3.8, 4) is 0 Å². The molecule has 0 atom stereocenters. The van der Waals surface area contributed by atoms with E-state index in [-0.39, 0.29) is 6.61 Å². The zero-order chi connectivity index (χ0) is 13.9. The van der Waals surface area contributed by atoms with E-state index in [4.69, 9.17) is 5.11 Å². The van der Waals surface area contributed by atoms with Crippen LogP contribution in [0.2, 0.25) is 0 Å². The highest BCUT2D eigenvalue weighted by Gasteiger charge is 2.19. The topological polar surface area (TPSA) is 43.8 Å². The molecule has 112 valence electrons. The molecule has 1 rings (SSSR count). The molecule has 0 unspecified atom stereocenters. The number of aliphatic hydroxyl groups is 1. The van der Waals surface area contributed by atoms with E-state index in [2.05, 4.69) is 11.8 Å². The molecular formula is C15H30N2O2. The minimum atomic E-state index is 0.214. The quantitative estimate of drug-likeness (QED) is 0.651. The third-order valence-corrected chi connectivity index (χ3v) is 3.89. The number of β-amino-alcohol motifs (C(OH)–C–C–N with tert-alkyl or cyclic N) is 1.